The molecule has 3 saturated heterocycles. The minimum atomic E-state index is -1.31. The van der Waals surface area contributed by atoms with E-state index in [2.05, 4.69) is 4.90 Å². The summed E-state index contributed by atoms with van der Waals surface area (Å²) < 4.78 is 15.2. The lowest BCUT2D eigenvalue weighted by Crippen LogP contribution is -2.43. The number of hydrogen-bond donors (Lipinski definition) is 6. The second kappa shape index (κ2) is 24.9. The quantitative estimate of drug-likeness (QED) is 0.216. The Labute approximate surface area is 297 Å². The van der Waals surface area contributed by atoms with Gasteiger partial charge in [-0.2, -0.15) is 0 Å². The van der Waals surface area contributed by atoms with Crippen LogP contribution in [0.25, 0.3) is 0 Å². The van der Waals surface area contributed by atoms with E-state index in [0.29, 0.717) is 25.3 Å². The number of hydrogen-bond acceptors (Lipinski definition) is 12. The highest BCUT2D eigenvalue weighted by molar-refractivity contribution is 5.83. The zero-order valence-corrected chi connectivity index (χ0v) is 33.1. The molecule has 3 heterocycles. The smallest absolute Gasteiger partial charge is 0.308 e. The van der Waals surface area contributed by atoms with Crippen molar-refractivity contribution in [2.75, 3.05) is 20.7 Å². The predicted octanol–water partition coefficient (Wildman–Crippen LogP) is 3.90. The minimum absolute atomic E-state index is 0.0840. The van der Waals surface area contributed by atoms with Crippen LogP contribution in [0.3, 0.4) is 0 Å². The van der Waals surface area contributed by atoms with Gasteiger partial charge in [0.25, 0.3) is 0 Å². The highest BCUT2D eigenvalue weighted by Gasteiger charge is 2.36. The van der Waals surface area contributed by atoms with E-state index in [1.54, 1.807) is 34.6 Å². The Morgan fingerprint density at radius 1 is 0.714 bits per heavy atom. The molecular formula is C37H75NO11. The van der Waals surface area contributed by atoms with Gasteiger partial charge in [-0.25, -0.2) is 0 Å². The summed E-state index contributed by atoms with van der Waals surface area (Å²) in [4.78, 5) is 26.6. The van der Waals surface area contributed by atoms with Crippen molar-refractivity contribution in [3.8, 4) is 0 Å². The van der Waals surface area contributed by atoms with Crippen molar-refractivity contribution in [2.45, 2.75) is 176 Å². The number of carbonyl (C=O) groups excluding carboxylic acids is 2. The van der Waals surface area contributed by atoms with Crippen LogP contribution in [0.4, 0.5) is 0 Å². The van der Waals surface area contributed by atoms with Crippen molar-refractivity contribution in [3.05, 3.63) is 0 Å². The van der Waals surface area contributed by atoms with Crippen molar-refractivity contribution in [2.24, 2.45) is 29.6 Å². The molecule has 3 aliphatic rings. The molecule has 0 aromatic carbocycles. The molecule has 0 aromatic rings. The zero-order chi connectivity index (χ0) is 38.8. The first kappa shape index (κ1) is 49.9. The van der Waals surface area contributed by atoms with Crippen LogP contribution in [0.5, 0.6) is 0 Å². The molecule has 6 N–H and O–H groups in total. The number of rotatable bonds is 1. The second-order valence-electron chi connectivity index (χ2n) is 14.4. The Hall–Kier alpha value is -1.22. The van der Waals surface area contributed by atoms with Gasteiger partial charge in [-0.1, -0.05) is 62.3 Å². The lowest BCUT2D eigenvalue weighted by Gasteiger charge is -2.34. The van der Waals surface area contributed by atoms with E-state index in [-0.39, 0.29) is 48.8 Å². The lowest BCUT2D eigenvalue weighted by atomic mass is 9.78. The van der Waals surface area contributed by atoms with Crippen molar-refractivity contribution in [1.82, 2.24) is 4.90 Å². The molecule has 3 fully saturated rings. The molecule has 0 amide bonds. The summed E-state index contributed by atoms with van der Waals surface area (Å²) in [5, 5.41) is 58.4. The fraction of sp³-hybridized carbons (Fsp3) is 0.946. The molecule has 14 atom stereocenters. The molecular weight excluding hydrogens is 634 g/mol. The second-order valence-corrected chi connectivity index (χ2v) is 14.4. The molecule has 0 spiro atoms. The van der Waals surface area contributed by atoms with Gasteiger partial charge in [0.15, 0.2) is 12.6 Å². The van der Waals surface area contributed by atoms with Crippen molar-refractivity contribution in [3.63, 3.8) is 0 Å². The molecule has 0 saturated carbocycles. The molecule has 0 radical (unpaired) electrons. The fourth-order valence-electron chi connectivity index (χ4n) is 6.55. The molecule has 0 aromatic heterocycles. The number of ether oxygens (including phenoxy) is 3. The van der Waals surface area contributed by atoms with Crippen LogP contribution in [0.2, 0.25) is 0 Å². The molecule has 3 rings (SSSR count). The number of esters is 1. The van der Waals surface area contributed by atoms with Gasteiger partial charge in [0.2, 0.25) is 0 Å². The maximum Gasteiger partial charge on any atom is 0.308 e. The first-order valence-corrected chi connectivity index (χ1v) is 18.4. The average Bonchev–Trinajstić information content (AvgIpc) is 3.02. The van der Waals surface area contributed by atoms with Crippen molar-refractivity contribution in [1.29, 1.82) is 0 Å². The van der Waals surface area contributed by atoms with E-state index in [9.17, 15) is 35.1 Å². The Morgan fingerprint density at radius 3 is 1.73 bits per heavy atom. The van der Waals surface area contributed by atoms with E-state index in [0.717, 1.165) is 12.8 Å². The van der Waals surface area contributed by atoms with Crippen LogP contribution >= 0.6 is 0 Å². The van der Waals surface area contributed by atoms with Gasteiger partial charge < -0.3 is 49.7 Å². The minimum Gasteiger partial charge on any atom is -0.463 e. The Morgan fingerprint density at radius 2 is 1.24 bits per heavy atom. The zero-order valence-electron chi connectivity index (χ0n) is 33.1. The number of aliphatic hydroxyl groups excluding tert-OH is 5. The first-order chi connectivity index (χ1) is 22.6. The van der Waals surface area contributed by atoms with Gasteiger partial charge in [-0.05, 0) is 72.4 Å². The lowest BCUT2D eigenvalue weighted by molar-refractivity contribution is -0.209. The summed E-state index contributed by atoms with van der Waals surface area (Å²) in [5.74, 6) is -2.04. The van der Waals surface area contributed by atoms with Gasteiger partial charge >= 0.3 is 5.97 Å². The number of nitrogens with zero attached hydrogens (tertiary/aromatic N) is 1. The van der Waals surface area contributed by atoms with Gasteiger partial charge in [0.05, 0.1) is 35.9 Å². The number of carbonyl (C=O) groups is 2. The third-order valence-electron chi connectivity index (χ3n) is 9.14. The molecule has 0 bridgehead atoms. The number of cyclic esters (lactones) is 1. The predicted molar refractivity (Wildman–Crippen MR) is 191 cm³/mol. The molecule has 9 unspecified atom stereocenters. The highest BCUT2D eigenvalue weighted by atomic mass is 16.6. The SMILES string of the molecule is CC.CC.CC1CC(N(C)C)CC(O)O1.CC1C[C@H](C)C[C@](C)(O)C[C@@H](C)C(=O)C(C)C(O)C(O)COC1=O.CC1C[C@H](O)OC(C)[C@@H]1O. The van der Waals surface area contributed by atoms with E-state index in [1.165, 1.54) is 0 Å². The normalized spacial score (nSPS) is 40.6. The third-order valence-corrected chi connectivity index (χ3v) is 9.14. The maximum absolute atomic E-state index is 12.5. The van der Waals surface area contributed by atoms with Crippen LogP contribution in [-0.2, 0) is 23.8 Å². The van der Waals surface area contributed by atoms with Crippen LogP contribution < -0.4 is 0 Å². The Kier molecular flexibility index (Phi) is 25.3. The summed E-state index contributed by atoms with van der Waals surface area (Å²) >= 11 is 0. The standard InChI is InChI=1S/C18H32O6.C8H17NO2.C7H14O3.2C2H6/c1-10-6-11(2)17(22)24-9-14(19)16(21)13(4)15(20)12(3)8-18(5,23)7-10;1-6-4-7(9(2)3)5-8(10)11-6;1-4-3-6(8)10-5(2)7(4)9;2*1-2/h10-14,16,19,21,23H,6-9H2,1-5H3;6-8,10H,4-5H2,1-3H3;4-9H,3H2,1-2H3;2*1-2H3/t10-,11?,12+,13?,14?,16?,18-;;4?,5?,6-,7-;;/m0.1../s1. The van der Waals surface area contributed by atoms with Crippen molar-refractivity contribution >= 4 is 11.8 Å². The maximum atomic E-state index is 12.5. The summed E-state index contributed by atoms with van der Waals surface area (Å²) in [5.41, 5.74) is -1.04. The molecule has 12 heteroatoms. The number of aliphatic hydroxyl groups is 6. The van der Waals surface area contributed by atoms with Gasteiger partial charge in [0, 0.05) is 30.7 Å². The van der Waals surface area contributed by atoms with Crippen LogP contribution in [0.1, 0.15) is 122 Å². The summed E-state index contributed by atoms with van der Waals surface area (Å²) in [7, 11) is 4.07. The van der Waals surface area contributed by atoms with E-state index in [4.69, 9.17) is 19.3 Å². The van der Waals surface area contributed by atoms with Gasteiger partial charge in [-0.3, -0.25) is 9.59 Å². The molecule has 294 valence electrons. The fourth-order valence-corrected chi connectivity index (χ4v) is 6.55. The van der Waals surface area contributed by atoms with Crippen LogP contribution in [0.15, 0.2) is 0 Å². The van der Waals surface area contributed by atoms with E-state index < -0.39 is 54.3 Å². The van der Waals surface area contributed by atoms with Crippen molar-refractivity contribution < 1.29 is 54.4 Å². The summed E-state index contributed by atoms with van der Waals surface area (Å²) in [6.07, 6.45) is -0.764. The number of ketones is 1. The summed E-state index contributed by atoms with van der Waals surface area (Å²) in [6, 6.07) is 0.466. The topological polar surface area (TPSA) is 186 Å². The third kappa shape index (κ3) is 19.3. The Balaban J connectivity index is 0. The van der Waals surface area contributed by atoms with Gasteiger partial charge in [-0.15, -0.1) is 0 Å². The number of Topliss-reactive ketones (excluding diaryl/α,β-unsaturated/α-hetero) is 1. The van der Waals surface area contributed by atoms with Gasteiger partial charge in [0.1, 0.15) is 18.5 Å². The Bertz CT molecular complexity index is 866. The van der Waals surface area contributed by atoms with Crippen LogP contribution in [-0.4, -0.2) is 123 Å². The van der Waals surface area contributed by atoms with E-state index >= 15 is 0 Å². The van der Waals surface area contributed by atoms with E-state index in [1.807, 2.05) is 62.6 Å². The molecule has 0 aliphatic carbocycles. The molecule has 3 aliphatic heterocycles. The van der Waals surface area contributed by atoms with Crippen LogP contribution in [0, 0.1) is 29.6 Å². The monoisotopic (exact) mass is 710 g/mol. The first-order valence-electron chi connectivity index (χ1n) is 18.4. The molecule has 49 heavy (non-hydrogen) atoms. The average molecular weight is 710 g/mol. The highest BCUT2D eigenvalue weighted by Crippen LogP contribution is 2.30. The summed E-state index contributed by atoms with van der Waals surface area (Å²) in [6.45, 7) is 22.0. The largest absolute Gasteiger partial charge is 0.463 e. The molecule has 12 nitrogen and oxygen atoms in total.